The third-order valence-electron chi connectivity index (χ3n) is 3.73. The molecular weight excluding hydrogens is 256 g/mol. The van der Waals surface area contributed by atoms with Gasteiger partial charge in [-0.25, -0.2) is 0 Å². The first-order valence-corrected chi connectivity index (χ1v) is 6.91. The van der Waals surface area contributed by atoms with Crippen molar-refractivity contribution < 1.29 is 19.4 Å². The van der Waals surface area contributed by atoms with Gasteiger partial charge in [-0.2, -0.15) is 0 Å². The molecule has 0 unspecified atom stereocenters. The van der Waals surface area contributed by atoms with E-state index in [2.05, 4.69) is 0 Å². The molecule has 0 bridgehead atoms. The lowest BCUT2D eigenvalue weighted by Gasteiger charge is -2.37. The minimum Gasteiger partial charge on any atom is -0.465 e. The molecule has 1 aromatic rings. The highest BCUT2D eigenvalue weighted by Gasteiger charge is 2.46. The van der Waals surface area contributed by atoms with Crippen LogP contribution in [0.3, 0.4) is 0 Å². The maximum absolute atomic E-state index is 12.2. The zero-order valence-corrected chi connectivity index (χ0v) is 11.8. The van der Waals surface area contributed by atoms with Crippen LogP contribution in [0.4, 0.5) is 0 Å². The predicted molar refractivity (Wildman–Crippen MR) is 74.2 cm³/mol. The van der Waals surface area contributed by atoms with Crippen LogP contribution in [0.5, 0.6) is 0 Å². The maximum Gasteiger partial charge on any atom is 0.317 e. The highest BCUT2D eigenvalue weighted by Crippen LogP contribution is 2.41. The number of ether oxygens (including phenoxy) is 1. The first-order chi connectivity index (χ1) is 9.44. The number of Topliss-reactive ketones (excluding diaryl/α,β-unsaturated/α-hetero) is 1. The molecule has 0 radical (unpaired) electrons. The fraction of sp³-hybridized carbons (Fsp3) is 0.500. The fourth-order valence-corrected chi connectivity index (χ4v) is 2.91. The maximum atomic E-state index is 12.2. The molecule has 4 nitrogen and oxygen atoms in total. The fourth-order valence-electron chi connectivity index (χ4n) is 2.91. The van der Waals surface area contributed by atoms with E-state index >= 15 is 0 Å². The second kappa shape index (κ2) is 5.75. The monoisotopic (exact) mass is 276 g/mol. The number of carbonyl (C=O) groups excluding carboxylic acids is 2. The van der Waals surface area contributed by atoms with Crippen LogP contribution >= 0.6 is 0 Å². The molecule has 0 aliphatic heterocycles. The van der Waals surface area contributed by atoms with E-state index in [-0.39, 0.29) is 24.7 Å². The normalized spacial score (nSPS) is 30.1. The summed E-state index contributed by atoms with van der Waals surface area (Å²) in [6.45, 7) is 3.61. The van der Waals surface area contributed by atoms with Crippen LogP contribution in [0.15, 0.2) is 30.3 Å². The Kier molecular flexibility index (Phi) is 4.23. The molecule has 0 aromatic heterocycles. The Morgan fingerprint density at radius 1 is 1.40 bits per heavy atom. The first kappa shape index (κ1) is 14.7. The standard InChI is InChI=1S/C16H20O4/c1-3-20-15(18)14-12(11-7-5-4-6-8-11)9-16(2,19)10-13(14)17/h4-8,12,14,19H,3,9-10H2,1-2H3/t12-,14-,16+/m0/s1. The zero-order chi connectivity index (χ0) is 14.8. The minimum absolute atomic E-state index is 0.000184. The summed E-state index contributed by atoms with van der Waals surface area (Å²) in [6, 6.07) is 9.37. The SMILES string of the molecule is CCOC(=O)[C@@H]1C(=O)C[C@](C)(O)C[C@H]1c1ccccc1. The van der Waals surface area contributed by atoms with Crippen molar-refractivity contribution in [1.29, 1.82) is 0 Å². The number of carbonyl (C=O) groups is 2. The second-order valence-electron chi connectivity index (χ2n) is 5.59. The highest BCUT2D eigenvalue weighted by atomic mass is 16.5. The second-order valence-corrected chi connectivity index (χ2v) is 5.59. The van der Waals surface area contributed by atoms with E-state index in [1.807, 2.05) is 30.3 Å². The van der Waals surface area contributed by atoms with Gasteiger partial charge in [-0.1, -0.05) is 30.3 Å². The van der Waals surface area contributed by atoms with Gasteiger partial charge in [0.1, 0.15) is 5.92 Å². The van der Waals surface area contributed by atoms with E-state index < -0.39 is 17.5 Å². The number of benzene rings is 1. The Bertz CT molecular complexity index is 492. The summed E-state index contributed by atoms with van der Waals surface area (Å²) in [5.74, 6) is -1.86. The first-order valence-electron chi connectivity index (χ1n) is 6.91. The molecule has 1 aliphatic carbocycles. The van der Waals surface area contributed by atoms with Crippen LogP contribution in [0, 0.1) is 5.92 Å². The van der Waals surface area contributed by atoms with Gasteiger partial charge in [0.05, 0.1) is 12.2 Å². The van der Waals surface area contributed by atoms with Gasteiger partial charge in [0.15, 0.2) is 5.78 Å². The van der Waals surface area contributed by atoms with Gasteiger partial charge >= 0.3 is 5.97 Å². The number of esters is 1. The molecule has 108 valence electrons. The number of ketones is 1. The molecular formula is C16H20O4. The number of aliphatic hydroxyl groups is 1. The van der Waals surface area contributed by atoms with Crippen molar-refractivity contribution in [3.05, 3.63) is 35.9 Å². The van der Waals surface area contributed by atoms with E-state index in [9.17, 15) is 14.7 Å². The molecule has 1 saturated carbocycles. The summed E-state index contributed by atoms with van der Waals surface area (Å²) in [5.41, 5.74) is -0.181. The third-order valence-corrected chi connectivity index (χ3v) is 3.73. The van der Waals surface area contributed by atoms with E-state index in [0.29, 0.717) is 6.42 Å². The zero-order valence-electron chi connectivity index (χ0n) is 11.8. The highest BCUT2D eigenvalue weighted by molar-refractivity contribution is 6.01. The molecule has 1 aromatic carbocycles. The van der Waals surface area contributed by atoms with E-state index in [0.717, 1.165) is 5.56 Å². The Morgan fingerprint density at radius 2 is 2.05 bits per heavy atom. The van der Waals surface area contributed by atoms with Crippen LogP contribution in [0.1, 0.15) is 38.2 Å². The summed E-state index contributed by atoms with van der Waals surface area (Å²) in [7, 11) is 0. The lowest BCUT2D eigenvalue weighted by Crippen LogP contribution is -2.45. The van der Waals surface area contributed by atoms with Crippen molar-refractivity contribution in [2.45, 2.75) is 38.2 Å². The molecule has 0 saturated heterocycles. The van der Waals surface area contributed by atoms with Crippen LogP contribution in [0.25, 0.3) is 0 Å². The topological polar surface area (TPSA) is 63.6 Å². The predicted octanol–water partition coefficient (Wildman–Crippen LogP) is 2.06. The summed E-state index contributed by atoms with van der Waals surface area (Å²) < 4.78 is 5.03. The molecule has 2 rings (SSSR count). The lowest BCUT2D eigenvalue weighted by atomic mass is 9.69. The van der Waals surface area contributed by atoms with Gasteiger partial charge in [0.25, 0.3) is 0 Å². The van der Waals surface area contributed by atoms with Crippen molar-refractivity contribution in [2.24, 2.45) is 5.92 Å². The number of hydrogen-bond donors (Lipinski definition) is 1. The number of rotatable bonds is 3. The lowest BCUT2D eigenvalue weighted by molar-refractivity contribution is -0.157. The van der Waals surface area contributed by atoms with Crippen molar-refractivity contribution >= 4 is 11.8 Å². The van der Waals surface area contributed by atoms with Crippen molar-refractivity contribution in [3.63, 3.8) is 0 Å². The third kappa shape index (κ3) is 3.07. The van der Waals surface area contributed by atoms with Crippen molar-refractivity contribution in [1.82, 2.24) is 0 Å². The summed E-state index contributed by atoms with van der Waals surface area (Å²) in [6.07, 6.45) is 0.381. The Morgan fingerprint density at radius 3 is 2.65 bits per heavy atom. The Balaban J connectivity index is 2.35. The van der Waals surface area contributed by atoms with Gasteiger partial charge < -0.3 is 9.84 Å². The van der Waals surface area contributed by atoms with E-state index in [1.54, 1.807) is 13.8 Å². The quantitative estimate of drug-likeness (QED) is 0.678. The summed E-state index contributed by atoms with van der Waals surface area (Å²) in [5, 5.41) is 10.2. The van der Waals surface area contributed by atoms with Gasteiger partial charge in [-0.3, -0.25) is 9.59 Å². The molecule has 1 aliphatic rings. The molecule has 0 amide bonds. The average Bonchev–Trinajstić information content (AvgIpc) is 2.38. The summed E-state index contributed by atoms with van der Waals surface area (Å²) in [4.78, 5) is 24.3. The van der Waals surface area contributed by atoms with Crippen LogP contribution in [0.2, 0.25) is 0 Å². The Labute approximate surface area is 118 Å². The van der Waals surface area contributed by atoms with Crippen LogP contribution in [-0.4, -0.2) is 29.1 Å². The molecule has 4 heteroatoms. The molecule has 0 heterocycles. The van der Waals surface area contributed by atoms with Gasteiger partial charge in [0.2, 0.25) is 0 Å². The molecule has 1 N–H and O–H groups in total. The largest absolute Gasteiger partial charge is 0.465 e. The van der Waals surface area contributed by atoms with Gasteiger partial charge in [-0.15, -0.1) is 0 Å². The van der Waals surface area contributed by atoms with E-state index in [1.165, 1.54) is 0 Å². The van der Waals surface area contributed by atoms with Crippen LogP contribution < -0.4 is 0 Å². The van der Waals surface area contributed by atoms with Crippen molar-refractivity contribution in [3.8, 4) is 0 Å². The van der Waals surface area contributed by atoms with Gasteiger partial charge in [-0.05, 0) is 25.8 Å². The minimum atomic E-state index is -1.07. The average molecular weight is 276 g/mol. The van der Waals surface area contributed by atoms with Gasteiger partial charge in [0, 0.05) is 12.3 Å². The Hall–Kier alpha value is -1.68. The molecule has 0 spiro atoms. The molecule has 1 fully saturated rings. The van der Waals surface area contributed by atoms with Crippen molar-refractivity contribution in [2.75, 3.05) is 6.61 Å². The smallest absolute Gasteiger partial charge is 0.317 e. The van der Waals surface area contributed by atoms with E-state index in [4.69, 9.17) is 4.74 Å². The summed E-state index contributed by atoms with van der Waals surface area (Å²) >= 11 is 0. The van der Waals surface area contributed by atoms with Crippen LogP contribution in [-0.2, 0) is 14.3 Å². The molecule has 3 atom stereocenters. The number of hydrogen-bond acceptors (Lipinski definition) is 4. The molecule has 20 heavy (non-hydrogen) atoms.